The number of aliphatic carboxylic acids is 1. The molecule has 19 heavy (non-hydrogen) atoms. The highest BCUT2D eigenvalue weighted by molar-refractivity contribution is 6.30. The number of alkyl halides is 3. The average Bonchev–Trinajstić information content (AvgIpc) is 2.27. The molecule has 0 spiro atoms. The minimum absolute atomic E-state index is 0.401. The molecule has 0 saturated carbocycles. The van der Waals surface area contributed by atoms with Crippen molar-refractivity contribution < 1.29 is 23.1 Å². The molecule has 106 valence electrons. The Hall–Kier alpha value is -1.27. The average molecular weight is 296 g/mol. The van der Waals surface area contributed by atoms with Crippen LogP contribution in [-0.2, 0) is 4.79 Å². The molecular weight excluding hydrogens is 283 g/mol. The lowest BCUT2D eigenvalue weighted by Crippen LogP contribution is -2.39. The minimum Gasteiger partial charge on any atom is -0.481 e. The van der Waals surface area contributed by atoms with Crippen LogP contribution in [0.15, 0.2) is 24.3 Å². The Labute approximate surface area is 113 Å². The van der Waals surface area contributed by atoms with Gasteiger partial charge in [-0.25, -0.2) is 0 Å². The fourth-order valence-electron chi connectivity index (χ4n) is 1.51. The van der Waals surface area contributed by atoms with E-state index < -0.39 is 30.7 Å². The second kappa shape index (κ2) is 6.25. The Balaban J connectivity index is 2.64. The maximum atomic E-state index is 12.4. The van der Waals surface area contributed by atoms with E-state index >= 15 is 0 Å². The maximum absolute atomic E-state index is 12.4. The number of carboxylic acid groups (broad SMARTS) is 1. The Morgan fingerprint density at radius 2 is 1.89 bits per heavy atom. The van der Waals surface area contributed by atoms with E-state index in [0.29, 0.717) is 5.02 Å². The molecule has 1 aromatic rings. The molecule has 0 aliphatic rings. The summed E-state index contributed by atoms with van der Waals surface area (Å²) in [5.41, 5.74) is 0.732. The number of hydrogen-bond donors (Lipinski definition) is 2. The van der Waals surface area contributed by atoms with E-state index in [1.807, 2.05) is 0 Å². The van der Waals surface area contributed by atoms with Crippen LogP contribution in [0.2, 0.25) is 5.02 Å². The van der Waals surface area contributed by atoms with Gasteiger partial charge in [-0.05, 0) is 24.6 Å². The molecule has 0 aromatic heterocycles. The molecule has 2 atom stereocenters. The lowest BCUT2D eigenvalue weighted by Gasteiger charge is -2.20. The highest BCUT2D eigenvalue weighted by Gasteiger charge is 2.44. The molecule has 1 aromatic carbocycles. The van der Waals surface area contributed by atoms with Crippen molar-refractivity contribution in [1.29, 1.82) is 0 Å². The molecule has 3 nitrogen and oxygen atoms in total. The van der Waals surface area contributed by atoms with E-state index in [1.165, 1.54) is 0 Å². The smallest absolute Gasteiger partial charge is 0.403 e. The highest BCUT2D eigenvalue weighted by Crippen LogP contribution is 2.26. The minimum atomic E-state index is -4.77. The second-order valence-corrected chi connectivity index (χ2v) is 4.55. The molecular formula is C12H13ClF3NO2. The fraction of sp³-hybridized carbons (Fsp3) is 0.417. The highest BCUT2D eigenvalue weighted by atomic mass is 35.5. The van der Waals surface area contributed by atoms with Crippen LogP contribution in [0, 0.1) is 5.92 Å². The van der Waals surface area contributed by atoms with Crippen LogP contribution in [0.3, 0.4) is 0 Å². The molecule has 0 heterocycles. The lowest BCUT2D eigenvalue weighted by atomic mass is 10.1. The molecule has 1 unspecified atom stereocenters. The fourth-order valence-corrected chi connectivity index (χ4v) is 1.63. The van der Waals surface area contributed by atoms with Crippen LogP contribution >= 0.6 is 11.6 Å². The summed E-state index contributed by atoms with van der Waals surface area (Å²) in [6.45, 7) is 0.973. The Kier molecular flexibility index (Phi) is 5.20. The first-order valence-corrected chi connectivity index (χ1v) is 5.88. The van der Waals surface area contributed by atoms with E-state index in [1.54, 1.807) is 31.2 Å². The van der Waals surface area contributed by atoms with Crippen LogP contribution < -0.4 is 5.32 Å². The SMILES string of the molecule is C[C@@H](NCC(C(=O)O)C(F)(F)F)c1ccc(Cl)cc1. The van der Waals surface area contributed by atoms with Gasteiger partial charge in [0, 0.05) is 17.6 Å². The van der Waals surface area contributed by atoms with Gasteiger partial charge in [0.25, 0.3) is 0 Å². The van der Waals surface area contributed by atoms with Gasteiger partial charge >= 0.3 is 12.1 Å². The van der Waals surface area contributed by atoms with E-state index in [4.69, 9.17) is 16.7 Å². The van der Waals surface area contributed by atoms with Crippen LogP contribution in [-0.4, -0.2) is 23.8 Å². The summed E-state index contributed by atoms with van der Waals surface area (Å²) in [5.74, 6) is -4.30. The molecule has 7 heteroatoms. The van der Waals surface area contributed by atoms with Gasteiger partial charge in [0.15, 0.2) is 5.92 Å². The number of carboxylic acids is 1. The van der Waals surface area contributed by atoms with Gasteiger partial charge in [-0.3, -0.25) is 4.79 Å². The van der Waals surface area contributed by atoms with Crippen molar-refractivity contribution in [2.45, 2.75) is 19.1 Å². The van der Waals surface area contributed by atoms with Crippen molar-refractivity contribution in [3.8, 4) is 0 Å². The van der Waals surface area contributed by atoms with Crippen molar-refractivity contribution in [3.05, 3.63) is 34.9 Å². The number of nitrogens with one attached hydrogen (secondary N) is 1. The molecule has 0 radical (unpaired) electrons. The van der Waals surface area contributed by atoms with Gasteiger partial charge in [0.05, 0.1) is 0 Å². The third-order valence-electron chi connectivity index (χ3n) is 2.69. The van der Waals surface area contributed by atoms with E-state index in [2.05, 4.69) is 5.32 Å². The summed E-state index contributed by atoms with van der Waals surface area (Å²) >= 11 is 5.70. The third kappa shape index (κ3) is 4.72. The Morgan fingerprint density at radius 3 is 2.32 bits per heavy atom. The Morgan fingerprint density at radius 1 is 1.37 bits per heavy atom. The predicted molar refractivity (Wildman–Crippen MR) is 65.1 cm³/mol. The van der Waals surface area contributed by atoms with Crippen molar-refractivity contribution in [2.24, 2.45) is 5.92 Å². The van der Waals surface area contributed by atoms with Gasteiger partial charge in [0.2, 0.25) is 0 Å². The number of rotatable bonds is 5. The number of benzene rings is 1. The van der Waals surface area contributed by atoms with Gasteiger partial charge in [-0.15, -0.1) is 0 Å². The first-order valence-electron chi connectivity index (χ1n) is 5.50. The van der Waals surface area contributed by atoms with Gasteiger partial charge in [-0.1, -0.05) is 23.7 Å². The van der Waals surface area contributed by atoms with Gasteiger partial charge < -0.3 is 10.4 Å². The van der Waals surface area contributed by atoms with Crippen LogP contribution in [0.4, 0.5) is 13.2 Å². The maximum Gasteiger partial charge on any atom is 0.403 e. The quantitative estimate of drug-likeness (QED) is 0.876. The predicted octanol–water partition coefficient (Wildman–Crippen LogP) is 3.25. The van der Waals surface area contributed by atoms with E-state index in [9.17, 15) is 18.0 Å². The number of hydrogen-bond acceptors (Lipinski definition) is 2. The standard InChI is InChI=1S/C12H13ClF3NO2/c1-7(8-2-4-9(13)5-3-8)17-6-10(11(18)19)12(14,15)16/h2-5,7,10,17H,6H2,1H3,(H,18,19)/t7-,10?/m1/s1. The van der Waals surface area contributed by atoms with Crippen molar-refractivity contribution in [1.82, 2.24) is 5.32 Å². The summed E-state index contributed by atoms with van der Waals surface area (Å²) in [5, 5.41) is 11.6. The molecule has 1 rings (SSSR count). The van der Waals surface area contributed by atoms with Crippen LogP contribution in [0.25, 0.3) is 0 Å². The van der Waals surface area contributed by atoms with Crippen molar-refractivity contribution in [3.63, 3.8) is 0 Å². The van der Waals surface area contributed by atoms with E-state index in [-0.39, 0.29) is 0 Å². The van der Waals surface area contributed by atoms with Crippen LogP contribution in [0.1, 0.15) is 18.5 Å². The summed E-state index contributed by atoms with van der Waals surface area (Å²) < 4.78 is 37.3. The van der Waals surface area contributed by atoms with E-state index in [0.717, 1.165) is 5.56 Å². The summed E-state index contributed by atoms with van der Waals surface area (Å²) in [7, 11) is 0. The molecule has 0 fully saturated rings. The molecule has 0 saturated heterocycles. The first-order chi connectivity index (χ1) is 8.71. The normalized spacial score (nSPS) is 15.0. The monoisotopic (exact) mass is 295 g/mol. The molecule has 0 amide bonds. The zero-order chi connectivity index (χ0) is 14.6. The van der Waals surface area contributed by atoms with Gasteiger partial charge in [0.1, 0.15) is 0 Å². The summed E-state index contributed by atoms with van der Waals surface area (Å²) in [4.78, 5) is 10.6. The number of halogens is 4. The van der Waals surface area contributed by atoms with Gasteiger partial charge in [-0.2, -0.15) is 13.2 Å². The third-order valence-corrected chi connectivity index (χ3v) is 2.94. The largest absolute Gasteiger partial charge is 0.481 e. The lowest BCUT2D eigenvalue weighted by molar-refractivity contribution is -0.192. The van der Waals surface area contributed by atoms with Crippen LogP contribution in [0.5, 0.6) is 0 Å². The second-order valence-electron chi connectivity index (χ2n) is 4.11. The molecule has 2 N–H and O–H groups in total. The Bertz CT molecular complexity index is 434. The summed E-state index contributed by atoms with van der Waals surface area (Å²) in [6, 6.07) is 6.18. The van der Waals surface area contributed by atoms with Crippen molar-refractivity contribution in [2.75, 3.05) is 6.54 Å². The zero-order valence-corrected chi connectivity index (χ0v) is 10.8. The molecule has 0 bridgehead atoms. The molecule has 0 aliphatic carbocycles. The number of carbonyl (C=O) groups is 1. The topological polar surface area (TPSA) is 49.3 Å². The molecule has 0 aliphatic heterocycles. The zero-order valence-electron chi connectivity index (χ0n) is 10.0. The summed E-state index contributed by atoms with van der Waals surface area (Å²) in [6.07, 6.45) is -4.77. The van der Waals surface area contributed by atoms with Crippen molar-refractivity contribution >= 4 is 17.6 Å². The first kappa shape index (κ1) is 15.8.